The van der Waals surface area contributed by atoms with E-state index in [9.17, 15) is 14.4 Å². The highest BCUT2D eigenvalue weighted by atomic mass is 35.5. The number of aromatic nitrogens is 4. The largest absolute Gasteiger partial charge is 0.458 e. The number of carbonyl (C=O) groups excluding carboxylic acids is 1. The lowest BCUT2D eigenvalue weighted by Crippen LogP contribution is -2.22. The molecule has 11 heteroatoms. The van der Waals surface area contributed by atoms with Crippen molar-refractivity contribution in [3.8, 4) is 0 Å². The van der Waals surface area contributed by atoms with Gasteiger partial charge < -0.3 is 14.2 Å². The first-order chi connectivity index (χ1) is 14.0. The molecule has 0 atom stereocenters. The van der Waals surface area contributed by atoms with Crippen LogP contribution in [-0.4, -0.2) is 25.5 Å². The summed E-state index contributed by atoms with van der Waals surface area (Å²) in [7, 11) is 0. The van der Waals surface area contributed by atoms with Crippen LogP contribution in [0.2, 0.25) is 5.02 Å². The molecule has 5 rings (SSSR count). The maximum Gasteiger partial charge on any atom is 0.419 e. The molecular weight excluding hydrogens is 402 g/mol. The quantitative estimate of drug-likeness (QED) is 0.462. The molecule has 0 unspecified atom stereocenters. The predicted molar refractivity (Wildman–Crippen MR) is 102 cm³/mol. The molecule has 0 aliphatic heterocycles. The fourth-order valence-electron chi connectivity index (χ4n) is 3.10. The summed E-state index contributed by atoms with van der Waals surface area (Å²) in [6.07, 6.45) is 4.67. The Hall–Kier alpha value is -3.92. The van der Waals surface area contributed by atoms with E-state index in [4.69, 9.17) is 20.4 Å². The first kappa shape index (κ1) is 17.2. The molecule has 1 amide bonds. The highest BCUT2D eigenvalue weighted by Gasteiger charge is 2.18. The van der Waals surface area contributed by atoms with Gasteiger partial charge in [-0.25, -0.2) is 14.3 Å². The fraction of sp³-hybridized carbons (Fsp3) is 0.0556. The van der Waals surface area contributed by atoms with E-state index in [0.29, 0.717) is 22.4 Å². The molecule has 2 N–H and O–H groups in total. The third kappa shape index (κ3) is 2.77. The normalized spacial score (nSPS) is 11.5. The Balaban J connectivity index is 1.50. The van der Waals surface area contributed by atoms with Crippen molar-refractivity contribution in [1.82, 2.24) is 24.9 Å². The number of carbonyl (C=O) groups is 1. The number of aromatic amines is 1. The van der Waals surface area contributed by atoms with Gasteiger partial charge in [0.1, 0.15) is 16.7 Å². The minimum absolute atomic E-state index is 0.0245. The SMILES string of the molecule is O=C(NCc1cc2cc(Cl)c3oc(=O)[nH]c(=O)c3c2o1)c1cnn2cccnc12. The second-order valence-electron chi connectivity index (χ2n) is 6.17. The molecule has 0 saturated heterocycles. The van der Waals surface area contributed by atoms with Gasteiger partial charge in [-0.05, 0) is 18.2 Å². The number of H-pyrrole nitrogens is 1. The van der Waals surface area contributed by atoms with E-state index in [1.807, 2.05) is 4.98 Å². The Kier molecular flexibility index (Phi) is 3.74. The zero-order chi connectivity index (χ0) is 20.1. The molecule has 0 spiro atoms. The van der Waals surface area contributed by atoms with Crippen molar-refractivity contribution in [2.45, 2.75) is 6.54 Å². The summed E-state index contributed by atoms with van der Waals surface area (Å²) in [6.45, 7) is 0.0471. The lowest BCUT2D eigenvalue weighted by atomic mass is 10.2. The summed E-state index contributed by atoms with van der Waals surface area (Å²) < 4.78 is 12.2. The van der Waals surface area contributed by atoms with Crippen LogP contribution in [-0.2, 0) is 6.54 Å². The number of benzene rings is 1. The molecule has 0 bridgehead atoms. The van der Waals surface area contributed by atoms with Crippen molar-refractivity contribution in [2.24, 2.45) is 0 Å². The van der Waals surface area contributed by atoms with Crippen LogP contribution in [0.15, 0.2) is 55.2 Å². The third-order valence-corrected chi connectivity index (χ3v) is 4.63. The van der Waals surface area contributed by atoms with Crippen LogP contribution >= 0.6 is 11.6 Å². The molecule has 0 saturated carbocycles. The number of hydrogen-bond donors (Lipinski definition) is 2. The van der Waals surface area contributed by atoms with Crippen LogP contribution < -0.4 is 16.6 Å². The first-order valence-electron chi connectivity index (χ1n) is 8.36. The summed E-state index contributed by atoms with van der Waals surface area (Å²) in [6, 6.07) is 4.86. The van der Waals surface area contributed by atoms with Crippen molar-refractivity contribution in [3.63, 3.8) is 0 Å². The molecule has 4 heterocycles. The predicted octanol–water partition coefficient (Wildman–Crippen LogP) is 1.85. The number of nitrogens with zero attached hydrogens (tertiary/aromatic N) is 3. The van der Waals surface area contributed by atoms with Gasteiger partial charge in [-0.2, -0.15) is 5.10 Å². The number of nitrogens with one attached hydrogen (secondary N) is 2. The highest BCUT2D eigenvalue weighted by Crippen LogP contribution is 2.31. The minimum Gasteiger partial charge on any atom is -0.458 e. The van der Waals surface area contributed by atoms with Crippen LogP contribution in [0.1, 0.15) is 16.1 Å². The number of fused-ring (bicyclic) bond motifs is 4. The first-order valence-corrected chi connectivity index (χ1v) is 8.73. The molecule has 4 aromatic heterocycles. The zero-order valence-electron chi connectivity index (χ0n) is 14.4. The lowest BCUT2D eigenvalue weighted by Gasteiger charge is -2.01. The van der Waals surface area contributed by atoms with E-state index in [2.05, 4.69) is 15.4 Å². The Morgan fingerprint density at radius 3 is 2.97 bits per heavy atom. The maximum absolute atomic E-state index is 12.5. The van der Waals surface area contributed by atoms with E-state index in [-0.39, 0.29) is 34.0 Å². The number of halogens is 1. The number of rotatable bonds is 3. The molecule has 0 aliphatic carbocycles. The monoisotopic (exact) mass is 411 g/mol. The third-order valence-electron chi connectivity index (χ3n) is 4.35. The van der Waals surface area contributed by atoms with E-state index < -0.39 is 11.3 Å². The van der Waals surface area contributed by atoms with Crippen LogP contribution in [0, 0.1) is 0 Å². The Morgan fingerprint density at radius 1 is 1.24 bits per heavy atom. The maximum atomic E-state index is 12.5. The molecule has 5 aromatic rings. The average Bonchev–Trinajstić information content (AvgIpc) is 3.30. The van der Waals surface area contributed by atoms with Crippen LogP contribution in [0.5, 0.6) is 0 Å². The molecule has 29 heavy (non-hydrogen) atoms. The number of furan rings is 1. The van der Waals surface area contributed by atoms with Crippen LogP contribution in [0.3, 0.4) is 0 Å². The van der Waals surface area contributed by atoms with Crippen molar-refractivity contribution in [1.29, 1.82) is 0 Å². The average molecular weight is 412 g/mol. The van der Waals surface area contributed by atoms with Gasteiger partial charge in [0.15, 0.2) is 16.8 Å². The fourth-order valence-corrected chi connectivity index (χ4v) is 3.35. The Bertz CT molecular complexity index is 1540. The second-order valence-corrected chi connectivity index (χ2v) is 6.57. The summed E-state index contributed by atoms with van der Waals surface area (Å²) in [5, 5.41) is 7.45. The zero-order valence-corrected chi connectivity index (χ0v) is 15.2. The van der Waals surface area contributed by atoms with Crippen LogP contribution in [0.4, 0.5) is 0 Å². The second kappa shape index (κ2) is 6.31. The standard InChI is InChI=1S/C18H10ClN5O5/c19-11-5-8-4-9(28-13(8)12-14(11)29-18(27)23-17(12)26)6-21-16(25)10-7-22-24-3-1-2-20-15(10)24/h1-5,7H,6H2,(H,21,25)(H,23,26,27). The molecule has 144 valence electrons. The topological polar surface area (TPSA) is 136 Å². The van der Waals surface area contributed by atoms with Crippen molar-refractivity contribution in [2.75, 3.05) is 0 Å². The minimum atomic E-state index is -0.912. The number of hydrogen-bond acceptors (Lipinski definition) is 7. The van der Waals surface area contributed by atoms with Gasteiger partial charge in [0.2, 0.25) is 0 Å². The summed E-state index contributed by atoms with van der Waals surface area (Å²) in [5.41, 5.74) is 0.208. The van der Waals surface area contributed by atoms with E-state index in [0.717, 1.165) is 0 Å². The molecule has 0 radical (unpaired) electrons. The molecule has 10 nitrogen and oxygen atoms in total. The van der Waals surface area contributed by atoms with E-state index >= 15 is 0 Å². The highest BCUT2D eigenvalue weighted by molar-refractivity contribution is 6.36. The number of amides is 1. The summed E-state index contributed by atoms with van der Waals surface area (Å²) in [4.78, 5) is 42.3. The van der Waals surface area contributed by atoms with Gasteiger partial charge in [-0.3, -0.25) is 14.6 Å². The summed E-state index contributed by atoms with van der Waals surface area (Å²) in [5.74, 6) is -0.914. The Labute approximate surface area is 164 Å². The van der Waals surface area contributed by atoms with Gasteiger partial charge in [0, 0.05) is 17.8 Å². The van der Waals surface area contributed by atoms with Crippen LogP contribution in [0.25, 0.3) is 27.6 Å². The van der Waals surface area contributed by atoms with Crippen molar-refractivity contribution in [3.05, 3.63) is 74.0 Å². The lowest BCUT2D eigenvalue weighted by molar-refractivity contribution is 0.0949. The van der Waals surface area contributed by atoms with Gasteiger partial charge in [-0.15, -0.1) is 0 Å². The van der Waals surface area contributed by atoms with Gasteiger partial charge in [0.05, 0.1) is 17.8 Å². The molecule has 0 aliphatic rings. The molecule has 1 aromatic carbocycles. The Morgan fingerprint density at radius 2 is 2.10 bits per heavy atom. The smallest absolute Gasteiger partial charge is 0.419 e. The van der Waals surface area contributed by atoms with Gasteiger partial charge >= 0.3 is 5.76 Å². The molecule has 0 fully saturated rings. The van der Waals surface area contributed by atoms with Crippen molar-refractivity contribution < 1.29 is 13.6 Å². The summed E-state index contributed by atoms with van der Waals surface area (Å²) >= 11 is 6.13. The van der Waals surface area contributed by atoms with Crippen molar-refractivity contribution >= 4 is 45.1 Å². The van der Waals surface area contributed by atoms with Gasteiger partial charge in [-0.1, -0.05) is 11.6 Å². The van der Waals surface area contributed by atoms with E-state index in [1.165, 1.54) is 16.8 Å². The molecular formula is C18H10ClN5O5. The van der Waals surface area contributed by atoms with Gasteiger partial charge in [0.25, 0.3) is 11.5 Å². The van der Waals surface area contributed by atoms with E-state index in [1.54, 1.807) is 24.5 Å².